The first-order chi connectivity index (χ1) is 13.7. The van der Waals surface area contributed by atoms with Crippen LogP contribution in [0.5, 0.6) is 11.5 Å². The van der Waals surface area contributed by atoms with Crippen molar-refractivity contribution < 1.29 is 32.2 Å². The van der Waals surface area contributed by atoms with Crippen molar-refractivity contribution in [3.8, 4) is 11.5 Å². The van der Waals surface area contributed by atoms with Gasteiger partial charge in [-0.3, -0.25) is 4.79 Å². The highest BCUT2D eigenvalue weighted by Gasteiger charge is 2.16. The van der Waals surface area contributed by atoms with E-state index in [-0.39, 0.29) is 21.2 Å². The molecular formula is C19H20ClNO7S. The van der Waals surface area contributed by atoms with Crippen molar-refractivity contribution in [3.05, 3.63) is 47.0 Å². The van der Waals surface area contributed by atoms with E-state index in [1.807, 2.05) is 6.92 Å². The molecule has 0 heterocycles. The molecule has 156 valence electrons. The van der Waals surface area contributed by atoms with Crippen molar-refractivity contribution in [2.75, 3.05) is 31.9 Å². The van der Waals surface area contributed by atoms with Crippen LogP contribution in [0.1, 0.15) is 17.3 Å². The minimum absolute atomic E-state index is 0.00400. The molecule has 10 heteroatoms. The van der Waals surface area contributed by atoms with Gasteiger partial charge in [-0.15, -0.1) is 0 Å². The molecule has 0 atom stereocenters. The van der Waals surface area contributed by atoms with E-state index in [1.54, 1.807) is 6.07 Å². The molecule has 2 rings (SSSR count). The minimum atomic E-state index is -3.47. The van der Waals surface area contributed by atoms with E-state index < -0.39 is 28.3 Å². The average molecular weight is 442 g/mol. The zero-order valence-corrected chi connectivity index (χ0v) is 17.6. The summed E-state index contributed by atoms with van der Waals surface area (Å²) in [7, 11) is -2.03. The fourth-order valence-corrected chi connectivity index (χ4v) is 3.11. The number of anilines is 1. The van der Waals surface area contributed by atoms with E-state index >= 15 is 0 Å². The Hall–Kier alpha value is -2.78. The Morgan fingerprint density at radius 2 is 1.83 bits per heavy atom. The van der Waals surface area contributed by atoms with Crippen LogP contribution in [0.15, 0.2) is 41.3 Å². The molecular weight excluding hydrogens is 422 g/mol. The number of amides is 1. The second-order valence-electron chi connectivity index (χ2n) is 5.84. The van der Waals surface area contributed by atoms with Crippen molar-refractivity contribution in [1.29, 1.82) is 0 Å². The number of rotatable bonds is 8. The zero-order valence-electron chi connectivity index (χ0n) is 16.0. The lowest BCUT2D eigenvalue weighted by Crippen LogP contribution is -2.21. The molecule has 0 aromatic heterocycles. The number of carbonyl (C=O) groups excluding carboxylic acids is 2. The standard InChI is InChI=1S/C19H20ClNO7S/c1-4-27-16-8-5-12(9-17(16)26-2)19(23)28-11-18(22)21-15-10-13(29(3,24)25)6-7-14(15)20/h5-10H,4,11H2,1-3H3,(H,21,22). The lowest BCUT2D eigenvalue weighted by molar-refractivity contribution is -0.119. The van der Waals surface area contributed by atoms with Crippen LogP contribution in [0.3, 0.4) is 0 Å². The molecule has 2 aromatic carbocycles. The maximum atomic E-state index is 12.2. The number of esters is 1. The molecule has 0 aliphatic carbocycles. The summed E-state index contributed by atoms with van der Waals surface area (Å²) >= 11 is 5.98. The number of sulfone groups is 1. The number of hydrogen-bond acceptors (Lipinski definition) is 7. The van der Waals surface area contributed by atoms with Gasteiger partial charge in [-0.2, -0.15) is 0 Å². The van der Waals surface area contributed by atoms with Crippen molar-refractivity contribution in [2.45, 2.75) is 11.8 Å². The van der Waals surface area contributed by atoms with E-state index in [0.717, 1.165) is 6.26 Å². The van der Waals surface area contributed by atoms with E-state index in [1.165, 1.54) is 37.4 Å². The molecule has 0 aliphatic heterocycles. The average Bonchev–Trinajstić information content (AvgIpc) is 2.67. The summed E-state index contributed by atoms with van der Waals surface area (Å²) in [6, 6.07) is 8.40. The molecule has 0 saturated carbocycles. The molecule has 0 aliphatic rings. The molecule has 0 unspecified atom stereocenters. The van der Waals surface area contributed by atoms with E-state index in [0.29, 0.717) is 18.1 Å². The Kier molecular flexibility index (Phi) is 7.46. The first kappa shape index (κ1) is 22.5. The van der Waals surface area contributed by atoms with Gasteiger partial charge in [0.15, 0.2) is 27.9 Å². The Balaban J connectivity index is 2.03. The number of methoxy groups -OCH3 is 1. The first-order valence-electron chi connectivity index (χ1n) is 8.43. The number of nitrogens with one attached hydrogen (secondary N) is 1. The van der Waals surface area contributed by atoms with Gasteiger partial charge in [-0.05, 0) is 43.3 Å². The van der Waals surface area contributed by atoms with Crippen molar-refractivity contribution in [2.24, 2.45) is 0 Å². The summed E-state index contributed by atoms with van der Waals surface area (Å²) in [6.45, 7) is 1.66. The second kappa shape index (κ2) is 9.62. The highest BCUT2D eigenvalue weighted by molar-refractivity contribution is 7.90. The van der Waals surface area contributed by atoms with Gasteiger partial charge >= 0.3 is 5.97 Å². The maximum absolute atomic E-state index is 12.2. The number of hydrogen-bond donors (Lipinski definition) is 1. The summed E-state index contributed by atoms with van der Waals surface area (Å²) in [4.78, 5) is 24.3. The van der Waals surface area contributed by atoms with E-state index in [2.05, 4.69) is 5.32 Å². The van der Waals surface area contributed by atoms with Gasteiger partial charge in [-0.1, -0.05) is 11.6 Å². The van der Waals surface area contributed by atoms with Crippen molar-refractivity contribution in [1.82, 2.24) is 0 Å². The maximum Gasteiger partial charge on any atom is 0.338 e. The SMILES string of the molecule is CCOc1ccc(C(=O)OCC(=O)Nc2cc(S(C)(=O)=O)ccc2Cl)cc1OC. The molecule has 0 radical (unpaired) electrons. The zero-order chi connectivity index (χ0) is 21.6. The summed E-state index contributed by atoms with van der Waals surface area (Å²) in [6.07, 6.45) is 1.04. The van der Waals surface area contributed by atoms with Crippen LogP contribution in [-0.4, -0.2) is 46.9 Å². The molecule has 2 aromatic rings. The summed E-state index contributed by atoms with van der Waals surface area (Å²) in [5.41, 5.74) is 0.272. The summed E-state index contributed by atoms with van der Waals surface area (Å²) in [5.74, 6) is -0.582. The Morgan fingerprint density at radius 1 is 1.10 bits per heavy atom. The van der Waals surface area contributed by atoms with Gasteiger partial charge in [0.1, 0.15) is 0 Å². The van der Waals surface area contributed by atoms with Gasteiger partial charge in [0.2, 0.25) is 0 Å². The molecule has 0 saturated heterocycles. The normalized spacial score (nSPS) is 10.9. The first-order valence-corrected chi connectivity index (χ1v) is 10.7. The van der Waals surface area contributed by atoms with Crippen LogP contribution >= 0.6 is 11.6 Å². The third-order valence-corrected chi connectivity index (χ3v) is 5.11. The summed E-state index contributed by atoms with van der Waals surface area (Å²) < 4.78 is 38.8. The van der Waals surface area contributed by atoms with Gasteiger partial charge in [0, 0.05) is 6.26 Å². The predicted octanol–water partition coefficient (Wildman–Crippen LogP) is 2.95. The predicted molar refractivity (Wildman–Crippen MR) is 108 cm³/mol. The fourth-order valence-electron chi connectivity index (χ4n) is 2.30. The van der Waals surface area contributed by atoms with Crippen LogP contribution < -0.4 is 14.8 Å². The molecule has 0 fully saturated rings. The number of benzene rings is 2. The van der Waals surface area contributed by atoms with E-state index in [4.69, 9.17) is 25.8 Å². The number of ether oxygens (including phenoxy) is 3. The molecule has 29 heavy (non-hydrogen) atoms. The van der Waals surface area contributed by atoms with Crippen LogP contribution in [0.25, 0.3) is 0 Å². The molecule has 8 nitrogen and oxygen atoms in total. The molecule has 0 bridgehead atoms. The number of halogens is 1. The third kappa shape index (κ3) is 6.10. The van der Waals surface area contributed by atoms with Crippen molar-refractivity contribution >= 4 is 39.0 Å². The fraction of sp³-hybridized carbons (Fsp3) is 0.263. The van der Waals surface area contributed by atoms with Gasteiger partial charge in [0.05, 0.1) is 34.9 Å². The monoisotopic (exact) mass is 441 g/mol. The highest BCUT2D eigenvalue weighted by atomic mass is 35.5. The minimum Gasteiger partial charge on any atom is -0.493 e. The molecule has 0 spiro atoms. The van der Waals surface area contributed by atoms with Crippen molar-refractivity contribution in [3.63, 3.8) is 0 Å². The third-order valence-electron chi connectivity index (χ3n) is 3.67. The lowest BCUT2D eigenvalue weighted by Gasteiger charge is -2.11. The lowest BCUT2D eigenvalue weighted by atomic mass is 10.2. The van der Waals surface area contributed by atoms with E-state index in [9.17, 15) is 18.0 Å². The Labute approximate surface area is 173 Å². The molecule has 1 amide bonds. The Bertz CT molecular complexity index is 1020. The van der Waals surface area contributed by atoms with Crippen LogP contribution in [-0.2, 0) is 19.4 Å². The largest absolute Gasteiger partial charge is 0.493 e. The topological polar surface area (TPSA) is 108 Å². The van der Waals surface area contributed by atoms with Gasteiger partial charge in [0.25, 0.3) is 5.91 Å². The Morgan fingerprint density at radius 3 is 2.45 bits per heavy atom. The second-order valence-corrected chi connectivity index (χ2v) is 8.26. The quantitative estimate of drug-likeness (QED) is 0.627. The number of carbonyl (C=O) groups is 2. The smallest absolute Gasteiger partial charge is 0.338 e. The summed E-state index contributed by atoms with van der Waals surface area (Å²) in [5, 5.41) is 2.57. The van der Waals surface area contributed by atoms with Crippen LogP contribution in [0.2, 0.25) is 5.02 Å². The molecule has 1 N–H and O–H groups in total. The van der Waals surface area contributed by atoms with Gasteiger partial charge < -0.3 is 19.5 Å². The van der Waals surface area contributed by atoms with Gasteiger partial charge in [-0.25, -0.2) is 13.2 Å². The van der Waals surface area contributed by atoms with Crippen LogP contribution in [0, 0.1) is 0 Å². The van der Waals surface area contributed by atoms with Crippen LogP contribution in [0.4, 0.5) is 5.69 Å². The highest BCUT2D eigenvalue weighted by Crippen LogP contribution is 2.28.